The van der Waals surface area contributed by atoms with E-state index in [0.717, 1.165) is 44.6 Å². The molecule has 11 aromatic rings. The Morgan fingerprint density at radius 2 is 0.667 bits per heavy atom. The lowest BCUT2D eigenvalue weighted by molar-refractivity contribution is 0.669. The summed E-state index contributed by atoms with van der Waals surface area (Å²) in [6.07, 6.45) is 0. The van der Waals surface area contributed by atoms with E-state index in [9.17, 15) is 0 Å². The Labute approximate surface area is 349 Å². The second-order valence-corrected chi connectivity index (χ2v) is 15.4. The zero-order chi connectivity index (χ0) is 39.8. The number of rotatable bonds is 8. The number of hydrogen-bond donors (Lipinski definition) is 0. The standard InChI is InChI=1S/C58H39NO/c1-3-12-40(13-4-1)49-36-50(41-14-5-2-6-15-41)38-51(37-49)44-26-30-53(31-27-44)59(54-32-33-58-56(39-54)55-20-9-10-21-57(55)60-58)52-28-24-43(25-29-52)46-18-11-19-47(34-46)48-23-22-42-16-7-8-17-45(42)35-48/h1-39H. The molecule has 0 amide bonds. The lowest BCUT2D eigenvalue weighted by Gasteiger charge is -2.26. The van der Waals surface area contributed by atoms with Crippen molar-refractivity contribution in [2.45, 2.75) is 0 Å². The van der Waals surface area contributed by atoms with Crippen LogP contribution >= 0.6 is 0 Å². The zero-order valence-corrected chi connectivity index (χ0v) is 32.9. The predicted molar refractivity (Wildman–Crippen MR) is 253 cm³/mol. The van der Waals surface area contributed by atoms with Crippen molar-refractivity contribution >= 4 is 49.8 Å². The molecule has 0 atom stereocenters. The Balaban J connectivity index is 0.985. The molecule has 60 heavy (non-hydrogen) atoms. The molecule has 0 aliphatic rings. The normalized spacial score (nSPS) is 11.3. The lowest BCUT2D eigenvalue weighted by Crippen LogP contribution is -2.09. The van der Waals surface area contributed by atoms with Crippen LogP contribution in [-0.4, -0.2) is 0 Å². The van der Waals surface area contributed by atoms with Gasteiger partial charge in [0.05, 0.1) is 0 Å². The van der Waals surface area contributed by atoms with Crippen LogP contribution in [0.5, 0.6) is 0 Å². The molecule has 1 aromatic heterocycles. The quantitative estimate of drug-likeness (QED) is 0.153. The number of furan rings is 1. The van der Waals surface area contributed by atoms with E-state index in [1.807, 2.05) is 12.1 Å². The molecule has 1 heterocycles. The van der Waals surface area contributed by atoms with Crippen LogP contribution in [0.4, 0.5) is 17.1 Å². The fourth-order valence-electron chi connectivity index (χ4n) is 8.54. The highest BCUT2D eigenvalue weighted by molar-refractivity contribution is 6.06. The van der Waals surface area contributed by atoms with Gasteiger partial charge in [-0.3, -0.25) is 0 Å². The molecule has 0 unspecified atom stereocenters. The minimum atomic E-state index is 0.879. The Morgan fingerprint density at radius 1 is 0.233 bits per heavy atom. The van der Waals surface area contributed by atoms with Crippen molar-refractivity contribution in [3.63, 3.8) is 0 Å². The highest BCUT2D eigenvalue weighted by Crippen LogP contribution is 2.41. The van der Waals surface area contributed by atoms with E-state index >= 15 is 0 Å². The van der Waals surface area contributed by atoms with Crippen molar-refractivity contribution in [3.05, 3.63) is 237 Å². The van der Waals surface area contributed by atoms with Crippen LogP contribution in [0.2, 0.25) is 0 Å². The summed E-state index contributed by atoms with van der Waals surface area (Å²) in [5, 5.41) is 4.70. The molecule has 2 nitrogen and oxygen atoms in total. The van der Waals surface area contributed by atoms with E-state index < -0.39 is 0 Å². The van der Waals surface area contributed by atoms with E-state index in [0.29, 0.717) is 0 Å². The Kier molecular flexibility index (Phi) is 8.87. The van der Waals surface area contributed by atoms with Gasteiger partial charge in [-0.05, 0) is 145 Å². The van der Waals surface area contributed by atoms with Gasteiger partial charge in [0.25, 0.3) is 0 Å². The molecule has 2 heteroatoms. The van der Waals surface area contributed by atoms with Crippen molar-refractivity contribution in [1.29, 1.82) is 0 Å². The molecule has 10 aromatic carbocycles. The van der Waals surface area contributed by atoms with Gasteiger partial charge < -0.3 is 9.32 Å². The van der Waals surface area contributed by atoms with Crippen LogP contribution in [-0.2, 0) is 0 Å². The highest BCUT2D eigenvalue weighted by Gasteiger charge is 2.17. The minimum Gasteiger partial charge on any atom is -0.456 e. The average Bonchev–Trinajstić information content (AvgIpc) is 3.70. The third-order valence-corrected chi connectivity index (χ3v) is 11.6. The summed E-state index contributed by atoms with van der Waals surface area (Å²) in [5.74, 6) is 0. The van der Waals surface area contributed by atoms with Gasteiger partial charge in [-0.1, -0.05) is 158 Å². The van der Waals surface area contributed by atoms with Crippen LogP contribution < -0.4 is 4.90 Å². The van der Waals surface area contributed by atoms with Crippen LogP contribution in [0, 0.1) is 0 Å². The Morgan fingerprint density at radius 3 is 1.32 bits per heavy atom. The molecule has 0 radical (unpaired) electrons. The Bertz CT molecular complexity index is 3230. The summed E-state index contributed by atoms with van der Waals surface area (Å²) in [7, 11) is 0. The van der Waals surface area contributed by atoms with Crippen molar-refractivity contribution in [2.24, 2.45) is 0 Å². The predicted octanol–water partition coefficient (Wildman–Crippen LogP) is 16.5. The van der Waals surface area contributed by atoms with Crippen molar-refractivity contribution < 1.29 is 4.42 Å². The number of hydrogen-bond acceptors (Lipinski definition) is 2. The first-order chi connectivity index (χ1) is 29.7. The largest absolute Gasteiger partial charge is 0.456 e. The molecular weight excluding hydrogens is 727 g/mol. The van der Waals surface area contributed by atoms with Crippen LogP contribution in [0.15, 0.2) is 241 Å². The van der Waals surface area contributed by atoms with E-state index in [1.165, 1.54) is 60.8 Å². The Hall–Kier alpha value is -7.94. The monoisotopic (exact) mass is 765 g/mol. The van der Waals surface area contributed by atoms with Gasteiger partial charge in [0.2, 0.25) is 0 Å². The highest BCUT2D eigenvalue weighted by atomic mass is 16.3. The minimum absolute atomic E-state index is 0.879. The van der Waals surface area contributed by atoms with E-state index in [2.05, 4.69) is 229 Å². The number of anilines is 3. The maximum Gasteiger partial charge on any atom is 0.135 e. The van der Waals surface area contributed by atoms with Gasteiger partial charge in [0.15, 0.2) is 0 Å². The molecule has 0 fully saturated rings. The first-order valence-corrected chi connectivity index (χ1v) is 20.5. The summed E-state index contributed by atoms with van der Waals surface area (Å²) in [4.78, 5) is 2.34. The van der Waals surface area contributed by atoms with Crippen LogP contribution in [0.3, 0.4) is 0 Å². The van der Waals surface area contributed by atoms with Gasteiger partial charge in [-0.15, -0.1) is 0 Å². The molecular formula is C58H39NO. The van der Waals surface area contributed by atoms with Gasteiger partial charge in [0.1, 0.15) is 11.2 Å². The van der Waals surface area contributed by atoms with Crippen LogP contribution in [0.25, 0.3) is 88.3 Å². The van der Waals surface area contributed by atoms with Crippen molar-refractivity contribution in [2.75, 3.05) is 4.90 Å². The maximum atomic E-state index is 6.26. The number of para-hydroxylation sites is 1. The number of fused-ring (bicyclic) bond motifs is 4. The van der Waals surface area contributed by atoms with Gasteiger partial charge >= 0.3 is 0 Å². The lowest BCUT2D eigenvalue weighted by atomic mass is 9.93. The maximum absolute atomic E-state index is 6.26. The smallest absolute Gasteiger partial charge is 0.135 e. The summed E-state index contributed by atoms with van der Waals surface area (Å²) in [6.45, 7) is 0. The molecule has 0 bridgehead atoms. The van der Waals surface area contributed by atoms with E-state index in [4.69, 9.17) is 4.42 Å². The SMILES string of the molecule is c1ccc(-c2cc(-c3ccccc3)cc(-c3ccc(N(c4ccc(-c5cccc(-c6ccc7ccccc7c6)c5)cc4)c4ccc5oc6ccccc6c5c4)cc3)c2)cc1. The zero-order valence-electron chi connectivity index (χ0n) is 32.9. The van der Waals surface area contributed by atoms with Gasteiger partial charge in [-0.25, -0.2) is 0 Å². The number of benzene rings is 10. The van der Waals surface area contributed by atoms with Gasteiger partial charge in [-0.2, -0.15) is 0 Å². The van der Waals surface area contributed by atoms with E-state index in [1.54, 1.807) is 0 Å². The molecule has 0 spiro atoms. The van der Waals surface area contributed by atoms with Gasteiger partial charge in [0, 0.05) is 27.8 Å². The molecule has 0 aliphatic heterocycles. The third kappa shape index (κ3) is 6.70. The summed E-state index contributed by atoms with van der Waals surface area (Å²) >= 11 is 0. The second-order valence-electron chi connectivity index (χ2n) is 15.4. The molecule has 282 valence electrons. The second kappa shape index (κ2) is 15.1. The topological polar surface area (TPSA) is 16.4 Å². The molecule has 0 N–H and O–H groups in total. The summed E-state index contributed by atoms with van der Waals surface area (Å²) in [5.41, 5.74) is 16.9. The third-order valence-electron chi connectivity index (χ3n) is 11.6. The van der Waals surface area contributed by atoms with Crippen molar-refractivity contribution in [1.82, 2.24) is 0 Å². The molecule has 11 rings (SSSR count). The summed E-state index contributed by atoms with van der Waals surface area (Å²) in [6, 6.07) is 85.0. The molecule has 0 saturated carbocycles. The number of nitrogens with zero attached hydrogens (tertiary/aromatic N) is 1. The molecule has 0 saturated heterocycles. The fourth-order valence-corrected chi connectivity index (χ4v) is 8.54. The summed E-state index contributed by atoms with van der Waals surface area (Å²) < 4.78 is 6.26. The van der Waals surface area contributed by atoms with E-state index in [-0.39, 0.29) is 0 Å². The molecule has 0 aliphatic carbocycles. The first kappa shape index (κ1) is 35.2. The fraction of sp³-hybridized carbons (Fsp3) is 0. The first-order valence-electron chi connectivity index (χ1n) is 20.5. The average molecular weight is 766 g/mol. The van der Waals surface area contributed by atoms with Crippen molar-refractivity contribution in [3.8, 4) is 55.6 Å². The van der Waals surface area contributed by atoms with Crippen LogP contribution in [0.1, 0.15) is 0 Å².